The summed E-state index contributed by atoms with van der Waals surface area (Å²) in [6, 6.07) is 4.84. The summed E-state index contributed by atoms with van der Waals surface area (Å²) in [5, 5.41) is 6.27. The van der Waals surface area contributed by atoms with Gasteiger partial charge in [0.15, 0.2) is 11.6 Å². The van der Waals surface area contributed by atoms with Crippen LogP contribution in [-0.4, -0.2) is 47.1 Å². The number of nitrogens with one attached hydrogen (secondary N) is 2. The van der Waals surface area contributed by atoms with Crippen molar-refractivity contribution in [3.05, 3.63) is 58.3 Å². The van der Waals surface area contributed by atoms with Crippen LogP contribution < -0.4 is 21.1 Å². The van der Waals surface area contributed by atoms with E-state index in [-0.39, 0.29) is 23.3 Å². The highest BCUT2D eigenvalue weighted by Crippen LogP contribution is 2.42. The average Bonchev–Trinajstić information content (AvgIpc) is 2.84. The minimum absolute atomic E-state index is 0.0217. The molecule has 2 aromatic rings. The molecule has 0 radical (unpaired) electrons. The van der Waals surface area contributed by atoms with E-state index in [0.29, 0.717) is 13.1 Å². The van der Waals surface area contributed by atoms with Crippen LogP contribution in [-0.2, 0) is 4.79 Å². The molecule has 1 fully saturated rings. The molecule has 2 bridgehead atoms. The number of nitrogens with zero attached hydrogens (tertiary/aromatic N) is 4. The van der Waals surface area contributed by atoms with Gasteiger partial charge in [-0.1, -0.05) is 17.7 Å². The zero-order valence-corrected chi connectivity index (χ0v) is 18.5. The fraction of sp³-hybridized carbons (Fsp3) is 0.500. The molecule has 3 atom stereocenters. The fourth-order valence-corrected chi connectivity index (χ4v) is 5.55. The van der Waals surface area contributed by atoms with Crippen LogP contribution >= 0.6 is 0 Å². The molecule has 0 saturated carbocycles. The Balaban J connectivity index is 1.46. The summed E-state index contributed by atoms with van der Waals surface area (Å²) in [4.78, 5) is 37.5. The minimum atomic E-state index is -0.517. The molecule has 0 unspecified atom stereocenters. The Bertz CT molecular complexity index is 1090. The van der Waals surface area contributed by atoms with Crippen LogP contribution in [0.4, 0.5) is 11.6 Å². The lowest BCUT2D eigenvalue weighted by atomic mass is 9.78. The Kier molecular flexibility index (Phi) is 5.68. The van der Waals surface area contributed by atoms with Crippen LogP contribution in [0.5, 0.6) is 0 Å². The Hall–Kier alpha value is -3.16. The third-order valence-electron chi connectivity index (χ3n) is 7.01. The van der Waals surface area contributed by atoms with E-state index in [1.165, 1.54) is 18.4 Å². The first kappa shape index (κ1) is 20.7. The topological polar surface area (TPSA) is 92.2 Å². The molecule has 0 aromatic carbocycles. The van der Waals surface area contributed by atoms with Crippen molar-refractivity contribution in [1.82, 2.24) is 19.9 Å². The molecular weight excluding hydrogens is 404 g/mol. The van der Waals surface area contributed by atoms with Gasteiger partial charge >= 0.3 is 0 Å². The van der Waals surface area contributed by atoms with Gasteiger partial charge in [0.25, 0.3) is 5.56 Å². The second-order valence-electron chi connectivity index (χ2n) is 9.01. The predicted molar refractivity (Wildman–Crippen MR) is 124 cm³/mol. The number of amides is 1. The number of fused-ring (bicyclic) bond motifs is 4. The van der Waals surface area contributed by atoms with Crippen molar-refractivity contribution >= 4 is 17.5 Å². The first-order valence-electron chi connectivity index (χ1n) is 11.6. The molecule has 3 aliphatic rings. The minimum Gasteiger partial charge on any atom is -0.370 e. The molecule has 2 aromatic heterocycles. The molecule has 1 amide bonds. The highest BCUT2D eigenvalue weighted by atomic mass is 16.2. The van der Waals surface area contributed by atoms with Crippen molar-refractivity contribution < 1.29 is 4.79 Å². The summed E-state index contributed by atoms with van der Waals surface area (Å²) in [5.41, 5.74) is 2.13. The smallest absolute Gasteiger partial charge is 0.251 e. The lowest BCUT2D eigenvalue weighted by molar-refractivity contribution is -0.126. The van der Waals surface area contributed by atoms with Gasteiger partial charge < -0.3 is 15.5 Å². The molecule has 2 aliphatic heterocycles. The van der Waals surface area contributed by atoms with Gasteiger partial charge in [-0.3, -0.25) is 14.2 Å². The first-order valence-corrected chi connectivity index (χ1v) is 11.6. The van der Waals surface area contributed by atoms with E-state index in [0.717, 1.165) is 43.1 Å². The van der Waals surface area contributed by atoms with E-state index in [9.17, 15) is 9.59 Å². The number of allylic oxidation sites excluding steroid dienone is 1. The molecule has 8 heteroatoms. The Morgan fingerprint density at radius 2 is 2.06 bits per heavy atom. The lowest BCUT2D eigenvalue weighted by Gasteiger charge is -2.46. The monoisotopic (exact) mass is 434 g/mol. The van der Waals surface area contributed by atoms with Gasteiger partial charge in [-0.15, -0.1) is 0 Å². The third-order valence-corrected chi connectivity index (χ3v) is 7.01. The molecule has 168 valence electrons. The summed E-state index contributed by atoms with van der Waals surface area (Å²) < 4.78 is 1.75. The number of piperidine rings is 1. The van der Waals surface area contributed by atoms with E-state index in [2.05, 4.69) is 31.6 Å². The molecule has 5 rings (SSSR count). The number of hydrogen-bond donors (Lipinski definition) is 2. The van der Waals surface area contributed by atoms with Crippen LogP contribution in [0.1, 0.15) is 49.8 Å². The van der Waals surface area contributed by atoms with Gasteiger partial charge in [-0.2, -0.15) is 0 Å². The Morgan fingerprint density at radius 3 is 2.88 bits per heavy atom. The zero-order valence-electron chi connectivity index (χ0n) is 18.5. The number of rotatable bonds is 5. The van der Waals surface area contributed by atoms with E-state index in [1.54, 1.807) is 29.1 Å². The van der Waals surface area contributed by atoms with Crippen molar-refractivity contribution in [2.45, 2.75) is 44.1 Å². The van der Waals surface area contributed by atoms with E-state index in [4.69, 9.17) is 0 Å². The number of anilines is 2. The van der Waals surface area contributed by atoms with Gasteiger partial charge in [0, 0.05) is 62.7 Å². The largest absolute Gasteiger partial charge is 0.370 e. The maximum absolute atomic E-state index is 13.5. The van der Waals surface area contributed by atoms with Gasteiger partial charge in [-0.05, 0) is 38.2 Å². The lowest BCUT2D eigenvalue weighted by Crippen LogP contribution is -2.53. The molecule has 1 aliphatic carbocycles. The molecule has 32 heavy (non-hydrogen) atoms. The number of aromatic nitrogens is 3. The fourth-order valence-electron chi connectivity index (χ4n) is 5.55. The highest BCUT2D eigenvalue weighted by Gasteiger charge is 2.44. The van der Waals surface area contributed by atoms with Gasteiger partial charge in [0.1, 0.15) is 6.04 Å². The Labute approximate surface area is 187 Å². The maximum Gasteiger partial charge on any atom is 0.251 e. The van der Waals surface area contributed by atoms with E-state index < -0.39 is 6.04 Å². The van der Waals surface area contributed by atoms with Crippen LogP contribution in [0, 0.1) is 5.92 Å². The summed E-state index contributed by atoms with van der Waals surface area (Å²) in [6.45, 7) is 1.97. The van der Waals surface area contributed by atoms with Crippen molar-refractivity contribution in [2.75, 3.05) is 36.9 Å². The standard InChI is InChI=1S/C24H30N6O2/c1-25-22-23(27-11-10-26-22)29-14-17-12-18(15-29)21(30-19(17)8-5-9-20(30)31)24(32)28-13-16-6-3-2-4-7-16/h5-6,8-11,17-18,21H,2-4,7,12-15H2,1H3,(H,25,26)(H,28,32)/t17-,18+,21-/m1/s1. The van der Waals surface area contributed by atoms with Crippen LogP contribution in [0.3, 0.4) is 0 Å². The normalized spacial score (nSPS) is 24.3. The van der Waals surface area contributed by atoms with Gasteiger partial charge in [0.2, 0.25) is 5.91 Å². The second kappa shape index (κ2) is 8.76. The number of carbonyl (C=O) groups excluding carboxylic acids is 1. The van der Waals surface area contributed by atoms with Crippen molar-refractivity contribution in [3.63, 3.8) is 0 Å². The molecule has 1 saturated heterocycles. The number of hydrogen-bond acceptors (Lipinski definition) is 6. The summed E-state index contributed by atoms with van der Waals surface area (Å²) in [7, 11) is 1.84. The van der Waals surface area contributed by atoms with Crippen LogP contribution in [0.2, 0.25) is 0 Å². The van der Waals surface area contributed by atoms with E-state index >= 15 is 0 Å². The van der Waals surface area contributed by atoms with Crippen molar-refractivity contribution in [1.29, 1.82) is 0 Å². The summed E-state index contributed by atoms with van der Waals surface area (Å²) >= 11 is 0. The number of carbonyl (C=O) groups is 1. The van der Waals surface area contributed by atoms with E-state index in [1.807, 2.05) is 13.1 Å². The molecule has 2 N–H and O–H groups in total. The molecule has 0 spiro atoms. The highest BCUT2D eigenvalue weighted by molar-refractivity contribution is 5.81. The first-order chi connectivity index (χ1) is 15.7. The average molecular weight is 435 g/mol. The van der Waals surface area contributed by atoms with Crippen molar-refractivity contribution in [3.8, 4) is 0 Å². The van der Waals surface area contributed by atoms with Gasteiger partial charge in [-0.25, -0.2) is 9.97 Å². The quantitative estimate of drug-likeness (QED) is 0.703. The summed E-state index contributed by atoms with van der Waals surface area (Å²) in [5.74, 6) is 1.64. The van der Waals surface area contributed by atoms with Crippen LogP contribution in [0.15, 0.2) is 47.0 Å². The number of pyridine rings is 1. The Morgan fingerprint density at radius 1 is 1.19 bits per heavy atom. The molecular formula is C24H30N6O2. The maximum atomic E-state index is 13.5. The SMILES string of the molecule is CNc1nccnc1N1C[C@H]2C[C@@H](C1)[C@H](C(=O)NCC1=CCCCC1)n1c2cccc1=O. The van der Waals surface area contributed by atoms with Crippen molar-refractivity contribution in [2.24, 2.45) is 5.92 Å². The summed E-state index contributed by atoms with van der Waals surface area (Å²) in [6.07, 6.45) is 11.0. The van der Waals surface area contributed by atoms with Gasteiger partial charge in [0.05, 0.1) is 0 Å². The molecule has 4 heterocycles. The molecule has 8 nitrogen and oxygen atoms in total. The second-order valence-corrected chi connectivity index (χ2v) is 9.01. The van der Waals surface area contributed by atoms with Crippen LogP contribution in [0.25, 0.3) is 0 Å². The predicted octanol–water partition coefficient (Wildman–Crippen LogP) is 2.46. The third kappa shape index (κ3) is 3.78. The zero-order chi connectivity index (χ0) is 22.1.